The van der Waals surface area contributed by atoms with E-state index in [1.54, 1.807) is 0 Å². The van der Waals surface area contributed by atoms with Gasteiger partial charge in [-0.2, -0.15) is 0 Å². The largest absolute Gasteiger partial charge is 0.326 e. The summed E-state index contributed by atoms with van der Waals surface area (Å²) in [6.07, 6.45) is 2.61. The van der Waals surface area contributed by atoms with Crippen LogP contribution in [0.1, 0.15) is 47.5 Å². The second-order valence-electron chi connectivity index (χ2n) is 5.82. The van der Waals surface area contributed by atoms with Crippen molar-refractivity contribution in [1.29, 1.82) is 0 Å². The Balaban J connectivity index is 5.25. The standard InChI is InChI=1S/C14H37N3Si2/c1-8-13-14-17(18(6,11-4)15-9-2)19(7,12-5)16-10-3/h15-16H,8-14H2,1-7H3. The lowest BCUT2D eigenvalue weighted by Crippen LogP contribution is -2.75. The van der Waals surface area contributed by atoms with E-state index in [2.05, 4.69) is 61.9 Å². The second kappa shape index (κ2) is 9.29. The van der Waals surface area contributed by atoms with Gasteiger partial charge in [-0.05, 0) is 51.2 Å². The van der Waals surface area contributed by atoms with Crippen LogP contribution in [0.5, 0.6) is 0 Å². The average Bonchev–Trinajstić information content (AvgIpc) is 2.39. The summed E-state index contributed by atoms with van der Waals surface area (Å²) in [7, 11) is -3.00. The van der Waals surface area contributed by atoms with Gasteiger partial charge in [0.1, 0.15) is 0 Å². The van der Waals surface area contributed by atoms with Crippen LogP contribution in [0.15, 0.2) is 0 Å². The van der Waals surface area contributed by atoms with E-state index in [4.69, 9.17) is 0 Å². The van der Waals surface area contributed by atoms with Gasteiger partial charge in [-0.1, -0.05) is 41.0 Å². The van der Waals surface area contributed by atoms with E-state index < -0.39 is 16.8 Å². The van der Waals surface area contributed by atoms with E-state index in [1.165, 1.54) is 31.5 Å². The highest BCUT2D eigenvalue weighted by Gasteiger charge is 2.43. The van der Waals surface area contributed by atoms with Crippen molar-refractivity contribution in [2.24, 2.45) is 0 Å². The fourth-order valence-electron chi connectivity index (χ4n) is 2.94. The zero-order valence-electron chi connectivity index (χ0n) is 14.4. The van der Waals surface area contributed by atoms with Crippen molar-refractivity contribution in [3.8, 4) is 0 Å². The Hall–Kier alpha value is 0.314. The monoisotopic (exact) mass is 303 g/mol. The van der Waals surface area contributed by atoms with Crippen molar-refractivity contribution >= 4 is 16.8 Å². The maximum Gasteiger partial charge on any atom is 0.194 e. The van der Waals surface area contributed by atoms with Crippen molar-refractivity contribution in [3.63, 3.8) is 0 Å². The Morgan fingerprint density at radius 2 is 1.21 bits per heavy atom. The molecular formula is C14H37N3Si2. The molecule has 0 rings (SSSR count). The fraction of sp³-hybridized carbons (Fsp3) is 1.00. The van der Waals surface area contributed by atoms with Gasteiger partial charge in [0.15, 0.2) is 16.8 Å². The Kier molecular flexibility index (Phi) is 9.44. The van der Waals surface area contributed by atoms with Gasteiger partial charge >= 0.3 is 0 Å². The van der Waals surface area contributed by atoms with E-state index >= 15 is 0 Å². The summed E-state index contributed by atoms with van der Waals surface area (Å²) in [5, 5.41) is 0. The maximum atomic E-state index is 3.88. The summed E-state index contributed by atoms with van der Waals surface area (Å²) >= 11 is 0. The molecule has 0 saturated carbocycles. The lowest BCUT2D eigenvalue weighted by Gasteiger charge is -2.49. The van der Waals surface area contributed by atoms with E-state index in [0.29, 0.717) is 0 Å². The molecule has 2 atom stereocenters. The van der Waals surface area contributed by atoms with Crippen LogP contribution in [0.3, 0.4) is 0 Å². The minimum absolute atomic E-state index is 1.10. The predicted molar refractivity (Wildman–Crippen MR) is 93.2 cm³/mol. The van der Waals surface area contributed by atoms with E-state index in [-0.39, 0.29) is 0 Å². The lowest BCUT2D eigenvalue weighted by molar-refractivity contribution is 0.530. The molecule has 0 spiro atoms. The SMILES string of the molecule is CCCCN([Si](C)(CC)NCC)[Si](C)(CC)NCC. The van der Waals surface area contributed by atoms with Gasteiger partial charge in [0.25, 0.3) is 0 Å². The molecular weight excluding hydrogens is 266 g/mol. The van der Waals surface area contributed by atoms with Crippen molar-refractivity contribution in [3.05, 3.63) is 0 Å². The quantitative estimate of drug-likeness (QED) is 0.572. The number of nitrogens with zero attached hydrogens (tertiary/aromatic N) is 1. The average molecular weight is 304 g/mol. The molecule has 0 saturated heterocycles. The molecule has 0 aromatic carbocycles. The van der Waals surface area contributed by atoms with Gasteiger partial charge in [-0.3, -0.25) is 0 Å². The molecule has 19 heavy (non-hydrogen) atoms. The molecule has 0 aromatic heterocycles. The van der Waals surface area contributed by atoms with Gasteiger partial charge < -0.3 is 14.2 Å². The highest BCUT2D eigenvalue weighted by atomic mass is 28.4. The Labute approximate surface area is 123 Å². The summed E-state index contributed by atoms with van der Waals surface area (Å²) < 4.78 is 2.93. The topological polar surface area (TPSA) is 27.3 Å². The Morgan fingerprint density at radius 3 is 1.47 bits per heavy atom. The molecule has 0 fully saturated rings. The smallest absolute Gasteiger partial charge is 0.194 e. The number of nitrogens with one attached hydrogen (secondary N) is 2. The van der Waals surface area contributed by atoms with Crippen LogP contribution < -0.4 is 9.96 Å². The number of hydrogen-bond donors (Lipinski definition) is 2. The first-order valence-electron chi connectivity index (χ1n) is 8.21. The van der Waals surface area contributed by atoms with Crippen LogP contribution in [-0.2, 0) is 0 Å². The summed E-state index contributed by atoms with van der Waals surface area (Å²) in [4.78, 5) is 7.75. The maximum absolute atomic E-state index is 3.88. The number of unbranched alkanes of at least 4 members (excludes halogenated alkanes) is 1. The molecule has 3 nitrogen and oxygen atoms in total. The third kappa shape index (κ3) is 5.30. The number of hydrogen-bond acceptors (Lipinski definition) is 3. The third-order valence-electron chi connectivity index (χ3n) is 4.42. The van der Waals surface area contributed by atoms with Crippen LogP contribution in [-0.4, -0.2) is 40.7 Å². The number of rotatable bonds is 11. The van der Waals surface area contributed by atoms with Crippen molar-refractivity contribution in [2.75, 3.05) is 19.6 Å². The molecule has 116 valence electrons. The van der Waals surface area contributed by atoms with Crippen molar-refractivity contribution < 1.29 is 0 Å². The van der Waals surface area contributed by atoms with E-state index in [1.807, 2.05) is 0 Å². The predicted octanol–water partition coefficient (Wildman–Crippen LogP) is 3.49. The Bertz CT molecular complexity index is 221. The molecule has 5 heteroatoms. The fourth-order valence-corrected chi connectivity index (χ4v) is 13.2. The molecule has 0 bridgehead atoms. The van der Waals surface area contributed by atoms with Gasteiger partial charge in [0, 0.05) is 0 Å². The summed E-state index contributed by atoms with van der Waals surface area (Å²) in [6.45, 7) is 20.0. The van der Waals surface area contributed by atoms with Crippen molar-refractivity contribution in [1.82, 2.24) is 14.2 Å². The molecule has 0 aromatic rings. The van der Waals surface area contributed by atoms with E-state index in [0.717, 1.165) is 13.1 Å². The molecule has 0 aliphatic carbocycles. The van der Waals surface area contributed by atoms with Crippen molar-refractivity contribution in [2.45, 2.75) is 72.6 Å². The normalized spacial score (nSPS) is 18.3. The molecule has 0 aliphatic heterocycles. The van der Waals surface area contributed by atoms with E-state index in [9.17, 15) is 0 Å². The summed E-state index contributed by atoms with van der Waals surface area (Å²) in [5.74, 6) is 0. The minimum atomic E-state index is -1.50. The minimum Gasteiger partial charge on any atom is -0.326 e. The molecule has 0 radical (unpaired) electrons. The molecule has 0 aliphatic rings. The van der Waals surface area contributed by atoms with Gasteiger partial charge in [-0.15, -0.1) is 0 Å². The zero-order chi connectivity index (χ0) is 14.9. The van der Waals surface area contributed by atoms with Gasteiger partial charge in [-0.25, -0.2) is 0 Å². The van der Waals surface area contributed by atoms with Crippen LogP contribution in [0, 0.1) is 0 Å². The van der Waals surface area contributed by atoms with Crippen LogP contribution in [0.2, 0.25) is 25.2 Å². The first-order chi connectivity index (χ1) is 8.94. The zero-order valence-corrected chi connectivity index (χ0v) is 16.4. The first-order valence-corrected chi connectivity index (χ1v) is 13.5. The second-order valence-corrected chi connectivity index (χ2v) is 14.6. The molecule has 0 amide bonds. The third-order valence-corrected chi connectivity index (χ3v) is 15.2. The summed E-state index contributed by atoms with van der Waals surface area (Å²) in [5.41, 5.74) is 0. The highest BCUT2D eigenvalue weighted by Crippen LogP contribution is 2.23. The van der Waals surface area contributed by atoms with Crippen LogP contribution in [0.25, 0.3) is 0 Å². The highest BCUT2D eigenvalue weighted by molar-refractivity contribution is 6.89. The molecule has 0 heterocycles. The molecule has 2 unspecified atom stereocenters. The summed E-state index contributed by atoms with van der Waals surface area (Å²) in [6, 6.07) is 2.58. The lowest BCUT2D eigenvalue weighted by atomic mass is 10.3. The van der Waals surface area contributed by atoms with Crippen LogP contribution >= 0.6 is 0 Å². The molecule has 2 N–H and O–H groups in total. The first kappa shape index (κ1) is 19.3. The Morgan fingerprint density at radius 1 is 0.789 bits per heavy atom. The van der Waals surface area contributed by atoms with Crippen LogP contribution in [0.4, 0.5) is 0 Å². The van der Waals surface area contributed by atoms with Gasteiger partial charge in [0.2, 0.25) is 0 Å². The van der Waals surface area contributed by atoms with Gasteiger partial charge in [0.05, 0.1) is 0 Å².